The lowest BCUT2D eigenvalue weighted by atomic mass is 10.2. The van der Waals surface area contributed by atoms with E-state index in [-0.39, 0.29) is 5.91 Å². The number of piperazine rings is 1. The van der Waals surface area contributed by atoms with Gasteiger partial charge in [0, 0.05) is 55.1 Å². The maximum atomic E-state index is 12.6. The number of nitrogens with zero attached hydrogens (tertiary/aromatic N) is 4. The SMILES string of the molecule is CCNc1nc(C)cc(N2CCN(C(=O)c3cccc(Cl)c3)CC2)n1. The third kappa shape index (κ3) is 4.20. The van der Waals surface area contributed by atoms with E-state index in [0.717, 1.165) is 31.1 Å². The average Bonchev–Trinajstić information content (AvgIpc) is 2.61. The highest BCUT2D eigenvalue weighted by Crippen LogP contribution is 2.19. The molecule has 2 aromatic rings. The van der Waals surface area contributed by atoms with Crippen LogP contribution in [0.3, 0.4) is 0 Å². The molecular formula is C18H22ClN5O. The van der Waals surface area contributed by atoms with Crippen LogP contribution in [0.2, 0.25) is 5.02 Å². The van der Waals surface area contributed by atoms with Crippen LogP contribution in [0, 0.1) is 6.92 Å². The summed E-state index contributed by atoms with van der Waals surface area (Å²) in [6, 6.07) is 9.08. The summed E-state index contributed by atoms with van der Waals surface area (Å²) < 4.78 is 0. The molecule has 0 aliphatic carbocycles. The first-order valence-electron chi connectivity index (χ1n) is 8.46. The zero-order valence-corrected chi connectivity index (χ0v) is 15.3. The lowest BCUT2D eigenvalue weighted by Gasteiger charge is -2.35. The van der Waals surface area contributed by atoms with Crippen LogP contribution >= 0.6 is 11.6 Å². The Hall–Kier alpha value is -2.34. The maximum absolute atomic E-state index is 12.6. The molecule has 132 valence electrons. The van der Waals surface area contributed by atoms with E-state index in [1.165, 1.54) is 0 Å². The lowest BCUT2D eigenvalue weighted by molar-refractivity contribution is 0.0746. The number of aryl methyl sites for hydroxylation is 1. The van der Waals surface area contributed by atoms with Gasteiger partial charge in [0.2, 0.25) is 5.95 Å². The Labute approximate surface area is 152 Å². The number of anilines is 2. The normalized spacial score (nSPS) is 14.5. The molecule has 0 unspecified atom stereocenters. The van der Waals surface area contributed by atoms with Gasteiger partial charge in [0.1, 0.15) is 5.82 Å². The Morgan fingerprint density at radius 2 is 1.96 bits per heavy atom. The largest absolute Gasteiger partial charge is 0.354 e. The number of carbonyl (C=O) groups excluding carboxylic acids is 1. The van der Waals surface area contributed by atoms with Gasteiger partial charge in [-0.2, -0.15) is 4.98 Å². The van der Waals surface area contributed by atoms with E-state index in [4.69, 9.17) is 11.6 Å². The van der Waals surface area contributed by atoms with E-state index < -0.39 is 0 Å². The Bertz CT molecular complexity index is 759. The van der Waals surface area contributed by atoms with Crippen molar-refractivity contribution >= 4 is 29.3 Å². The number of halogens is 1. The minimum absolute atomic E-state index is 0.0226. The van der Waals surface area contributed by atoms with Gasteiger partial charge in [0.25, 0.3) is 5.91 Å². The molecule has 1 aliphatic rings. The van der Waals surface area contributed by atoms with Gasteiger partial charge in [-0.15, -0.1) is 0 Å². The predicted molar refractivity (Wildman–Crippen MR) is 101 cm³/mol. The van der Waals surface area contributed by atoms with Crippen LogP contribution in [0.4, 0.5) is 11.8 Å². The highest BCUT2D eigenvalue weighted by atomic mass is 35.5. The second-order valence-electron chi connectivity index (χ2n) is 6.01. The number of rotatable bonds is 4. The van der Waals surface area contributed by atoms with E-state index in [2.05, 4.69) is 20.2 Å². The molecule has 1 fully saturated rings. The molecule has 0 saturated carbocycles. The topological polar surface area (TPSA) is 61.4 Å². The number of nitrogens with one attached hydrogen (secondary N) is 1. The summed E-state index contributed by atoms with van der Waals surface area (Å²) in [5.74, 6) is 1.57. The summed E-state index contributed by atoms with van der Waals surface area (Å²) in [5, 5.41) is 3.74. The van der Waals surface area contributed by atoms with Crippen molar-refractivity contribution in [2.75, 3.05) is 42.9 Å². The molecule has 0 radical (unpaired) electrons. The van der Waals surface area contributed by atoms with Crippen LogP contribution in [0.25, 0.3) is 0 Å². The fraction of sp³-hybridized carbons (Fsp3) is 0.389. The van der Waals surface area contributed by atoms with E-state index >= 15 is 0 Å². The smallest absolute Gasteiger partial charge is 0.254 e. The van der Waals surface area contributed by atoms with Crippen molar-refractivity contribution in [1.29, 1.82) is 0 Å². The summed E-state index contributed by atoms with van der Waals surface area (Å²) in [4.78, 5) is 25.6. The van der Waals surface area contributed by atoms with Crippen molar-refractivity contribution in [3.63, 3.8) is 0 Å². The molecule has 1 saturated heterocycles. The first-order chi connectivity index (χ1) is 12.1. The average molecular weight is 360 g/mol. The van der Waals surface area contributed by atoms with Crippen molar-refractivity contribution in [2.24, 2.45) is 0 Å². The van der Waals surface area contributed by atoms with Gasteiger partial charge in [0.15, 0.2) is 0 Å². The Kier molecular flexibility index (Phi) is 5.38. The number of hydrogen-bond acceptors (Lipinski definition) is 5. The minimum atomic E-state index is 0.0226. The molecule has 1 aromatic heterocycles. The van der Waals surface area contributed by atoms with Crippen LogP contribution in [-0.4, -0.2) is 53.5 Å². The molecule has 1 aromatic carbocycles. The second-order valence-corrected chi connectivity index (χ2v) is 6.45. The molecule has 1 aliphatic heterocycles. The van der Waals surface area contributed by atoms with Crippen molar-refractivity contribution in [3.8, 4) is 0 Å². The van der Waals surface area contributed by atoms with Gasteiger partial charge >= 0.3 is 0 Å². The molecule has 0 spiro atoms. The number of carbonyl (C=O) groups is 1. The third-order valence-electron chi connectivity index (χ3n) is 4.14. The van der Waals surface area contributed by atoms with E-state index in [0.29, 0.717) is 29.6 Å². The van der Waals surface area contributed by atoms with Crippen LogP contribution in [0.5, 0.6) is 0 Å². The molecule has 1 N–H and O–H groups in total. The van der Waals surface area contributed by atoms with Crippen LogP contribution in [-0.2, 0) is 0 Å². The highest BCUT2D eigenvalue weighted by Gasteiger charge is 2.23. The fourth-order valence-corrected chi connectivity index (χ4v) is 3.08. The molecule has 3 rings (SSSR count). The highest BCUT2D eigenvalue weighted by molar-refractivity contribution is 6.30. The Morgan fingerprint density at radius 1 is 1.20 bits per heavy atom. The van der Waals surface area contributed by atoms with E-state index in [1.54, 1.807) is 24.3 Å². The van der Waals surface area contributed by atoms with Crippen LogP contribution < -0.4 is 10.2 Å². The van der Waals surface area contributed by atoms with Crippen LogP contribution in [0.15, 0.2) is 30.3 Å². The first kappa shape index (κ1) is 17.5. The lowest BCUT2D eigenvalue weighted by Crippen LogP contribution is -2.49. The molecule has 0 bridgehead atoms. The number of hydrogen-bond donors (Lipinski definition) is 1. The van der Waals surface area contributed by atoms with Crippen molar-refractivity contribution in [3.05, 3.63) is 46.6 Å². The van der Waals surface area contributed by atoms with Gasteiger partial charge in [-0.1, -0.05) is 17.7 Å². The molecule has 6 nitrogen and oxygen atoms in total. The molecule has 1 amide bonds. The molecule has 7 heteroatoms. The number of aromatic nitrogens is 2. The molecule has 0 atom stereocenters. The van der Waals surface area contributed by atoms with Gasteiger partial charge in [0.05, 0.1) is 0 Å². The summed E-state index contributed by atoms with van der Waals surface area (Å²) in [7, 11) is 0. The summed E-state index contributed by atoms with van der Waals surface area (Å²) >= 11 is 5.99. The second kappa shape index (κ2) is 7.70. The predicted octanol–water partition coefficient (Wildman–Crippen LogP) is 2.83. The standard InChI is InChI=1S/C18H22ClN5O/c1-3-20-18-21-13(2)11-16(22-18)23-7-9-24(10-8-23)17(25)14-5-4-6-15(19)12-14/h4-6,11-12H,3,7-10H2,1-2H3,(H,20,21,22). The van der Waals surface area contributed by atoms with Crippen molar-refractivity contribution in [2.45, 2.75) is 13.8 Å². The van der Waals surface area contributed by atoms with E-state index in [1.807, 2.05) is 24.8 Å². The zero-order valence-electron chi connectivity index (χ0n) is 14.5. The van der Waals surface area contributed by atoms with Gasteiger partial charge in [-0.05, 0) is 32.0 Å². The van der Waals surface area contributed by atoms with E-state index in [9.17, 15) is 4.79 Å². The third-order valence-corrected chi connectivity index (χ3v) is 4.37. The number of amides is 1. The zero-order chi connectivity index (χ0) is 17.8. The Morgan fingerprint density at radius 3 is 2.64 bits per heavy atom. The van der Waals surface area contributed by atoms with Gasteiger partial charge in [-0.3, -0.25) is 4.79 Å². The van der Waals surface area contributed by atoms with Gasteiger partial charge in [-0.25, -0.2) is 4.98 Å². The first-order valence-corrected chi connectivity index (χ1v) is 8.84. The quantitative estimate of drug-likeness (QED) is 0.909. The Balaban J connectivity index is 1.66. The molecule has 2 heterocycles. The maximum Gasteiger partial charge on any atom is 0.254 e. The summed E-state index contributed by atoms with van der Waals surface area (Å²) in [5.41, 5.74) is 1.56. The fourth-order valence-electron chi connectivity index (χ4n) is 2.89. The number of benzene rings is 1. The van der Waals surface area contributed by atoms with Crippen molar-refractivity contribution < 1.29 is 4.79 Å². The molecule has 25 heavy (non-hydrogen) atoms. The summed E-state index contributed by atoms with van der Waals surface area (Å²) in [6.45, 7) is 7.57. The molecular weight excluding hydrogens is 338 g/mol. The monoisotopic (exact) mass is 359 g/mol. The van der Waals surface area contributed by atoms with Gasteiger partial charge < -0.3 is 15.1 Å². The van der Waals surface area contributed by atoms with Crippen LogP contribution in [0.1, 0.15) is 23.0 Å². The summed E-state index contributed by atoms with van der Waals surface area (Å²) in [6.07, 6.45) is 0. The van der Waals surface area contributed by atoms with Crippen molar-refractivity contribution in [1.82, 2.24) is 14.9 Å². The minimum Gasteiger partial charge on any atom is -0.354 e.